The lowest BCUT2D eigenvalue weighted by atomic mass is 9.52. The molecule has 1 aromatic heterocycles. The molecule has 5 nitrogen and oxygen atoms in total. The van der Waals surface area contributed by atoms with Crippen LogP contribution in [0.5, 0.6) is 0 Å². The van der Waals surface area contributed by atoms with Gasteiger partial charge in [-0.05, 0) is 55.8 Å². The predicted octanol–water partition coefficient (Wildman–Crippen LogP) is 2.29. The van der Waals surface area contributed by atoms with Crippen LogP contribution in [0.3, 0.4) is 0 Å². The normalized spacial score (nSPS) is 38.3. The van der Waals surface area contributed by atoms with Gasteiger partial charge in [0, 0.05) is 5.92 Å². The molecule has 4 aliphatic rings. The third-order valence-electron chi connectivity index (χ3n) is 5.63. The number of carbonyl (C=O) groups is 1. The molecule has 20 heavy (non-hydrogen) atoms. The van der Waals surface area contributed by atoms with Crippen LogP contribution in [0.2, 0.25) is 0 Å². The number of aryl methyl sites for hydroxylation is 1. The molecule has 0 radical (unpaired) electrons. The minimum absolute atomic E-state index is 0.116. The van der Waals surface area contributed by atoms with E-state index in [-0.39, 0.29) is 6.42 Å². The fourth-order valence-electron chi connectivity index (χ4n) is 5.13. The fraction of sp³-hybridized carbons (Fsp3) is 0.800. The summed E-state index contributed by atoms with van der Waals surface area (Å²) >= 11 is 0. The van der Waals surface area contributed by atoms with Crippen LogP contribution in [0.1, 0.15) is 50.3 Å². The summed E-state index contributed by atoms with van der Waals surface area (Å²) in [6.07, 6.45) is 8.74. The van der Waals surface area contributed by atoms with E-state index in [2.05, 4.69) is 10.1 Å². The number of hydrogen-bond acceptors (Lipinski definition) is 3. The highest BCUT2D eigenvalue weighted by atomic mass is 16.4. The highest BCUT2D eigenvalue weighted by Crippen LogP contribution is 2.59. The Hall–Kier alpha value is -1.39. The number of aliphatic carboxylic acids is 1. The molecule has 1 aromatic rings. The van der Waals surface area contributed by atoms with Crippen LogP contribution < -0.4 is 0 Å². The summed E-state index contributed by atoms with van der Waals surface area (Å²) in [7, 11) is 0. The van der Waals surface area contributed by atoms with Crippen LogP contribution in [0.25, 0.3) is 0 Å². The number of hydrogen-bond donors (Lipinski definition) is 1. The molecule has 5 rings (SSSR count). The maximum atomic E-state index is 10.6. The Morgan fingerprint density at radius 1 is 1.20 bits per heavy atom. The highest BCUT2D eigenvalue weighted by molar-refractivity contribution is 5.66. The SMILES string of the molecule is O=C(O)CCn1cnc(C2C3CC4CC(C3)CC2C4)n1. The number of aromatic nitrogens is 3. The summed E-state index contributed by atoms with van der Waals surface area (Å²) in [5, 5.41) is 13.3. The molecule has 4 bridgehead atoms. The zero-order valence-corrected chi connectivity index (χ0v) is 11.6. The Balaban J connectivity index is 1.51. The van der Waals surface area contributed by atoms with E-state index in [0.29, 0.717) is 12.5 Å². The predicted molar refractivity (Wildman–Crippen MR) is 72.1 cm³/mol. The molecule has 0 aliphatic heterocycles. The van der Waals surface area contributed by atoms with Gasteiger partial charge in [0.2, 0.25) is 0 Å². The van der Waals surface area contributed by atoms with Gasteiger partial charge in [-0.2, -0.15) is 5.10 Å². The van der Waals surface area contributed by atoms with Crippen molar-refractivity contribution in [1.82, 2.24) is 14.8 Å². The van der Waals surface area contributed by atoms with Crippen LogP contribution in [0.15, 0.2) is 6.33 Å². The molecular formula is C15H21N3O2. The maximum absolute atomic E-state index is 10.6. The lowest BCUT2D eigenvalue weighted by molar-refractivity contribution is -0.137. The summed E-state index contributed by atoms with van der Waals surface area (Å²) in [5.74, 6) is 4.21. The van der Waals surface area contributed by atoms with E-state index in [0.717, 1.165) is 29.5 Å². The van der Waals surface area contributed by atoms with Gasteiger partial charge in [0.25, 0.3) is 0 Å². The first-order chi connectivity index (χ1) is 9.69. The summed E-state index contributed by atoms with van der Waals surface area (Å²) in [6.45, 7) is 0.426. The first-order valence-corrected chi connectivity index (χ1v) is 7.80. The summed E-state index contributed by atoms with van der Waals surface area (Å²) in [6, 6.07) is 0. The Morgan fingerprint density at radius 2 is 1.85 bits per heavy atom. The van der Waals surface area contributed by atoms with E-state index in [1.165, 1.54) is 32.1 Å². The topological polar surface area (TPSA) is 68.0 Å². The van der Waals surface area contributed by atoms with Gasteiger partial charge in [0.1, 0.15) is 6.33 Å². The Bertz CT molecular complexity index is 497. The van der Waals surface area contributed by atoms with Crippen molar-refractivity contribution in [2.24, 2.45) is 23.7 Å². The average molecular weight is 275 g/mol. The quantitative estimate of drug-likeness (QED) is 0.915. The molecule has 0 aromatic carbocycles. The standard InChI is InChI=1S/C15H21N3O2/c19-13(20)1-2-18-8-16-15(17-18)14-11-4-9-3-10(6-11)7-12(14)5-9/h8-12,14H,1-7H2,(H,19,20). The monoisotopic (exact) mass is 275 g/mol. The molecule has 1 heterocycles. The average Bonchev–Trinajstić information content (AvgIpc) is 2.83. The van der Waals surface area contributed by atoms with E-state index in [1.807, 2.05) is 0 Å². The van der Waals surface area contributed by atoms with Crippen LogP contribution >= 0.6 is 0 Å². The first-order valence-electron chi connectivity index (χ1n) is 7.80. The minimum atomic E-state index is -0.781. The van der Waals surface area contributed by atoms with Gasteiger partial charge in [-0.1, -0.05) is 0 Å². The smallest absolute Gasteiger partial charge is 0.305 e. The second-order valence-electron chi connectivity index (χ2n) is 6.97. The van der Waals surface area contributed by atoms with E-state index < -0.39 is 5.97 Å². The summed E-state index contributed by atoms with van der Waals surface area (Å²) in [5.41, 5.74) is 0. The van der Waals surface area contributed by atoms with Crippen molar-refractivity contribution >= 4 is 5.97 Å². The molecular weight excluding hydrogens is 254 g/mol. The molecule has 108 valence electrons. The van der Waals surface area contributed by atoms with Gasteiger partial charge in [0.15, 0.2) is 5.82 Å². The molecule has 0 amide bonds. The number of nitrogens with zero attached hydrogens (tertiary/aromatic N) is 3. The second-order valence-corrected chi connectivity index (χ2v) is 6.97. The molecule has 0 spiro atoms. The molecule has 0 unspecified atom stereocenters. The van der Waals surface area contributed by atoms with Gasteiger partial charge >= 0.3 is 5.97 Å². The summed E-state index contributed by atoms with van der Waals surface area (Å²) in [4.78, 5) is 15.1. The molecule has 4 saturated carbocycles. The van der Waals surface area contributed by atoms with Crippen molar-refractivity contribution in [2.75, 3.05) is 0 Å². The minimum Gasteiger partial charge on any atom is -0.481 e. The third kappa shape index (κ3) is 2.03. The fourth-order valence-corrected chi connectivity index (χ4v) is 5.13. The molecule has 0 atom stereocenters. The van der Waals surface area contributed by atoms with Crippen LogP contribution in [-0.4, -0.2) is 25.8 Å². The van der Waals surface area contributed by atoms with Gasteiger partial charge < -0.3 is 5.11 Å². The zero-order chi connectivity index (χ0) is 13.7. The van der Waals surface area contributed by atoms with Gasteiger partial charge in [-0.3, -0.25) is 9.48 Å². The molecule has 4 aliphatic carbocycles. The van der Waals surface area contributed by atoms with Crippen LogP contribution in [0, 0.1) is 23.7 Å². The second kappa shape index (κ2) is 4.57. The highest BCUT2D eigenvalue weighted by Gasteiger charge is 2.49. The largest absolute Gasteiger partial charge is 0.481 e. The van der Waals surface area contributed by atoms with Gasteiger partial charge in [-0.25, -0.2) is 4.98 Å². The third-order valence-corrected chi connectivity index (χ3v) is 5.63. The van der Waals surface area contributed by atoms with Gasteiger partial charge in [0.05, 0.1) is 13.0 Å². The van der Waals surface area contributed by atoms with E-state index in [9.17, 15) is 4.79 Å². The zero-order valence-electron chi connectivity index (χ0n) is 11.6. The number of carboxylic acid groups (broad SMARTS) is 1. The van der Waals surface area contributed by atoms with Crippen molar-refractivity contribution in [3.05, 3.63) is 12.2 Å². The lowest BCUT2D eigenvalue weighted by Gasteiger charge is -2.53. The van der Waals surface area contributed by atoms with E-state index in [4.69, 9.17) is 5.11 Å². The van der Waals surface area contributed by atoms with Crippen molar-refractivity contribution in [3.63, 3.8) is 0 Å². The van der Waals surface area contributed by atoms with E-state index in [1.54, 1.807) is 11.0 Å². The lowest BCUT2D eigenvalue weighted by Crippen LogP contribution is -2.44. The van der Waals surface area contributed by atoms with Crippen molar-refractivity contribution in [3.8, 4) is 0 Å². The first kappa shape index (κ1) is 12.4. The molecule has 4 fully saturated rings. The molecule has 0 saturated heterocycles. The Labute approximate surface area is 118 Å². The maximum Gasteiger partial charge on any atom is 0.305 e. The Morgan fingerprint density at radius 3 is 2.45 bits per heavy atom. The van der Waals surface area contributed by atoms with Crippen molar-refractivity contribution < 1.29 is 9.90 Å². The number of rotatable bonds is 4. The van der Waals surface area contributed by atoms with Gasteiger partial charge in [-0.15, -0.1) is 0 Å². The summed E-state index contributed by atoms with van der Waals surface area (Å²) < 4.78 is 1.70. The van der Waals surface area contributed by atoms with E-state index >= 15 is 0 Å². The van der Waals surface area contributed by atoms with Crippen LogP contribution in [-0.2, 0) is 11.3 Å². The Kier molecular flexibility index (Phi) is 2.82. The van der Waals surface area contributed by atoms with Crippen LogP contribution in [0.4, 0.5) is 0 Å². The van der Waals surface area contributed by atoms with Crippen molar-refractivity contribution in [1.29, 1.82) is 0 Å². The molecule has 1 N–H and O–H groups in total. The van der Waals surface area contributed by atoms with Crippen molar-refractivity contribution in [2.45, 2.75) is 51.0 Å². The number of carboxylic acids is 1. The molecule has 5 heteroatoms.